The molecule has 1 N–H and O–H groups in total. The van der Waals surface area contributed by atoms with Gasteiger partial charge in [0.05, 0.1) is 12.2 Å². The average molecular weight is 403 g/mol. The lowest BCUT2D eigenvalue weighted by atomic mass is 9.90. The quantitative estimate of drug-likeness (QED) is 0.839. The number of ether oxygens (including phenoxy) is 1. The molecule has 7 nitrogen and oxygen atoms in total. The zero-order valence-corrected chi connectivity index (χ0v) is 18.1. The fourth-order valence-electron chi connectivity index (χ4n) is 5.16. The Hall–Kier alpha value is -1.89. The van der Waals surface area contributed by atoms with E-state index in [-0.39, 0.29) is 35.4 Å². The van der Waals surface area contributed by atoms with Crippen LogP contribution in [0, 0.1) is 17.3 Å². The van der Waals surface area contributed by atoms with E-state index in [1.54, 1.807) is 0 Å². The summed E-state index contributed by atoms with van der Waals surface area (Å²) in [5.41, 5.74) is 1.63. The summed E-state index contributed by atoms with van der Waals surface area (Å²) >= 11 is 0. The Bertz CT molecular complexity index is 756. The molecule has 3 heterocycles. The Morgan fingerprint density at radius 1 is 1.21 bits per heavy atom. The highest BCUT2D eigenvalue weighted by molar-refractivity contribution is 5.92. The maximum atomic E-state index is 13.0. The molecule has 4 rings (SSSR count). The van der Waals surface area contributed by atoms with Crippen LogP contribution in [0.15, 0.2) is 6.07 Å². The number of carbonyl (C=O) groups excluding carboxylic acids is 2. The van der Waals surface area contributed by atoms with Gasteiger partial charge in [-0.05, 0) is 56.9 Å². The minimum Gasteiger partial charge on any atom is -0.372 e. The second-order valence-electron chi connectivity index (χ2n) is 9.79. The van der Waals surface area contributed by atoms with Crippen molar-refractivity contribution in [2.75, 3.05) is 26.2 Å². The van der Waals surface area contributed by atoms with Crippen LogP contribution in [0.1, 0.15) is 63.1 Å². The predicted octanol–water partition coefficient (Wildman–Crippen LogP) is 2.49. The fourth-order valence-corrected chi connectivity index (χ4v) is 5.16. The highest BCUT2D eigenvalue weighted by Crippen LogP contribution is 2.60. The first-order chi connectivity index (χ1) is 13.8. The van der Waals surface area contributed by atoms with Crippen molar-refractivity contribution >= 4 is 11.8 Å². The number of hydrogen-bond donors (Lipinski definition) is 1. The zero-order chi connectivity index (χ0) is 20.8. The van der Waals surface area contributed by atoms with Gasteiger partial charge in [0, 0.05) is 37.8 Å². The van der Waals surface area contributed by atoms with Crippen LogP contribution in [0.4, 0.5) is 0 Å². The van der Waals surface area contributed by atoms with Gasteiger partial charge >= 0.3 is 0 Å². The predicted molar refractivity (Wildman–Crippen MR) is 109 cm³/mol. The molecule has 1 unspecified atom stereocenters. The molecule has 3 fully saturated rings. The van der Waals surface area contributed by atoms with E-state index in [9.17, 15) is 9.59 Å². The summed E-state index contributed by atoms with van der Waals surface area (Å²) < 4.78 is 5.76. The summed E-state index contributed by atoms with van der Waals surface area (Å²) in [5, 5.41) is 7.22. The molecule has 1 saturated carbocycles. The molecule has 2 aliphatic heterocycles. The molecule has 3 atom stereocenters. The van der Waals surface area contributed by atoms with Gasteiger partial charge in [-0.25, -0.2) is 0 Å². The van der Waals surface area contributed by atoms with Gasteiger partial charge in [-0.2, -0.15) is 5.10 Å². The van der Waals surface area contributed by atoms with Crippen molar-refractivity contribution in [1.82, 2.24) is 20.0 Å². The summed E-state index contributed by atoms with van der Waals surface area (Å²) in [5.74, 6) is 0.943. The minimum absolute atomic E-state index is 0.00506. The van der Waals surface area contributed by atoms with Gasteiger partial charge in [-0.3, -0.25) is 14.7 Å². The van der Waals surface area contributed by atoms with Crippen molar-refractivity contribution in [3.05, 3.63) is 17.5 Å². The molecule has 160 valence electrons. The van der Waals surface area contributed by atoms with Crippen molar-refractivity contribution in [2.45, 2.75) is 65.6 Å². The van der Waals surface area contributed by atoms with Gasteiger partial charge in [-0.15, -0.1) is 0 Å². The molecular formula is C22H34N4O3. The largest absolute Gasteiger partial charge is 0.372 e. The van der Waals surface area contributed by atoms with E-state index in [0.29, 0.717) is 37.8 Å². The molecular weight excluding hydrogens is 368 g/mol. The number of nitrogens with one attached hydrogen (secondary N) is 1. The Kier molecular flexibility index (Phi) is 5.44. The minimum atomic E-state index is 0.00506. The molecule has 0 radical (unpaired) electrons. The maximum Gasteiger partial charge on any atom is 0.274 e. The number of H-pyrrole nitrogens is 1. The van der Waals surface area contributed by atoms with Crippen molar-refractivity contribution in [3.63, 3.8) is 0 Å². The summed E-state index contributed by atoms with van der Waals surface area (Å²) in [6.45, 7) is 11.2. The first-order valence-corrected chi connectivity index (χ1v) is 11.1. The molecule has 1 spiro atoms. The van der Waals surface area contributed by atoms with E-state index in [1.807, 2.05) is 29.7 Å². The number of aromatic amines is 1. The monoisotopic (exact) mass is 402 g/mol. The van der Waals surface area contributed by atoms with Gasteiger partial charge in [0.15, 0.2) is 0 Å². The Morgan fingerprint density at radius 3 is 2.48 bits per heavy atom. The molecule has 0 aromatic carbocycles. The second kappa shape index (κ2) is 7.74. The van der Waals surface area contributed by atoms with E-state index in [4.69, 9.17) is 4.74 Å². The van der Waals surface area contributed by atoms with Gasteiger partial charge in [0.2, 0.25) is 5.91 Å². The zero-order valence-electron chi connectivity index (χ0n) is 18.1. The fraction of sp³-hybridized carbons (Fsp3) is 0.773. The van der Waals surface area contributed by atoms with Gasteiger partial charge in [0.1, 0.15) is 5.69 Å². The van der Waals surface area contributed by atoms with Crippen LogP contribution in [0.5, 0.6) is 0 Å². The van der Waals surface area contributed by atoms with Crippen LogP contribution in [0.2, 0.25) is 0 Å². The van der Waals surface area contributed by atoms with Crippen LogP contribution in [0.3, 0.4) is 0 Å². The molecule has 3 aliphatic rings. The second-order valence-corrected chi connectivity index (χ2v) is 9.79. The lowest BCUT2D eigenvalue weighted by Gasteiger charge is -2.37. The van der Waals surface area contributed by atoms with Gasteiger partial charge in [-0.1, -0.05) is 13.8 Å². The lowest BCUT2D eigenvalue weighted by molar-refractivity contribution is -0.145. The number of amides is 2. The molecule has 2 saturated heterocycles. The number of hydrogen-bond acceptors (Lipinski definition) is 4. The van der Waals surface area contributed by atoms with Crippen molar-refractivity contribution in [1.29, 1.82) is 0 Å². The van der Waals surface area contributed by atoms with E-state index in [2.05, 4.69) is 24.0 Å². The number of carbonyl (C=O) groups is 2. The summed E-state index contributed by atoms with van der Waals surface area (Å²) in [6, 6.07) is 1.89. The third-order valence-corrected chi connectivity index (χ3v) is 6.74. The first kappa shape index (κ1) is 20.4. The van der Waals surface area contributed by atoms with Crippen molar-refractivity contribution in [2.24, 2.45) is 17.3 Å². The SMILES string of the molecule is CC(C)Cc1cc(C(=O)N2CCC3(CC2)CC3C(=O)N2C[C@@H](C)O[C@@H](C)C2)n[nH]1. The van der Waals surface area contributed by atoms with Crippen molar-refractivity contribution in [3.8, 4) is 0 Å². The van der Waals surface area contributed by atoms with Crippen LogP contribution >= 0.6 is 0 Å². The summed E-state index contributed by atoms with van der Waals surface area (Å²) in [6.07, 6.45) is 3.89. The van der Waals surface area contributed by atoms with Crippen LogP contribution in [-0.4, -0.2) is 70.2 Å². The average Bonchev–Trinajstić information content (AvgIpc) is 3.14. The maximum absolute atomic E-state index is 13.0. The molecule has 0 bridgehead atoms. The smallest absolute Gasteiger partial charge is 0.274 e. The molecule has 7 heteroatoms. The highest BCUT2D eigenvalue weighted by Gasteiger charge is 2.59. The summed E-state index contributed by atoms with van der Waals surface area (Å²) in [4.78, 5) is 29.7. The number of likely N-dealkylation sites (tertiary alicyclic amines) is 1. The normalized spacial score (nSPS) is 28.8. The summed E-state index contributed by atoms with van der Waals surface area (Å²) in [7, 11) is 0. The molecule has 2 amide bonds. The van der Waals surface area contributed by atoms with E-state index < -0.39 is 0 Å². The Balaban J connectivity index is 1.31. The van der Waals surface area contributed by atoms with Crippen LogP contribution in [0.25, 0.3) is 0 Å². The number of piperidine rings is 1. The van der Waals surface area contributed by atoms with E-state index >= 15 is 0 Å². The molecule has 1 aromatic heterocycles. The number of rotatable bonds is 4. The van der Waals surface area contributed by atoms with Crippen LogP contribution < -0.4 is 0 Å². The standard InChI is InChI=1S/C22H34N4O3/c1-14(2)9-17-10-19(24-23-17)21(28)25-7-5-22(6-8-25)11-18(22)20(27)26-12-15(3)29-16(4)13-26/h10,14-16,18H,5-9,11-13H2,1-4H3,(H,23,24)/t15-,16+,18?. The van der Waals surface area contributed by atoms with E-state index in [0.717, 1.165) is 31.4 Å². The Labute approximate surface area is 173 Å². The molecule has 29 heavy (non-hydrogen) atoms. The van der Waals surface area contributed by atoms with Gasteiger partial charge < -0.3 is 14.5 Å². The lowest BCUT2D eigenvalue weighted by Crippen LogP contribution is -2.49. The van der Waals surface area contributed by atoms with Gasteiger partial charge in [0.25, 0.3) is 5.91 Å². The first-order valence-electron chi connectivity index (χ1n) is 11.1. The molecule has 1 aromatic rings. The number of morpholine rings is 1. The third-order valence-electron chi connectivity index (χ3n) is 6.74. The number of aromatic nitrogens is 2. The third kappa shape index (κ3) is 4.20. The van der Waals surface area contributed by atoms with Crippen LogP contribution in [-0.2, 0) is 16.0 Å². The van der Waals surface area contributed by atoms with E-state index in [1.165, 1.54) is 0 Å². The van der Waals surface area contributed by atoms with Crippen molar-refractivity contribution < 1.29 is 14.3 Å². The topological polar surface area (TPSA) is 78.5 Å². The highest BCUT2D eigenvalue weighted by atomic mass is 16.5. The number of nitrogens with zero attached hydrogens (tertiary/aromatic N) is 3. The molecule has 1 aliphatic carbocycles. The Morgan fingerprint density at radius 2 is 1.86 bits per heavy atom.